The fraction of sp³-hybridized carbons (Fsp3) is 0.400. The van der Waals surface area contributed by atoms with E-state index in [-0.39, 0.29) is 29.3 Å². The highest BCUT2D eigenvalue weighted by molar-refractivity contribution is 6.06. The monoisotopic (exact) mass is 407 g/mol. The van der Waals surface area contributed by atoms with Crippen molar-refractivity contribution in [3.63, 3.8) is 0 Å². The summed E-state index contributed by atoms with van der Waals surface area (Å²) in [6.07, 6.45) is 1.72. The number of benzene rings is 1. The summed E-state index contributed by atoms with van der Waals surface area (Å²) >= 11 is 0. The molecule has 1 fully saturated rings. The van der Waals surface area contributed by atoms with Gasteiger partial charge in [-0.3, -0.25) is 4.79 Å². The third-order valence-electron chi connectivity index (χ3n) is 4.40. The minimum atomic E-state index is -3.09. The lowest BCUT2D eigenvalue weighted by Crippen LogP contribution is -2.45. The molecule has 0 saturated carbocycles. The second-order valence-electron chi connectivity index (χ2n) is 6.74. The van der Waals surface area contributed by atoms with E-state index in [2.05, 4.69) is 19.9 Å². The topological polar surface area (TPSA) is 72.9 Å². The zero-order chi connectivity index (χ0) is 21.0. The van der Waals surface area contributed by atoms with E-state index in [1.165, 1.54) is 31.5 Å². The maximum atomic E-state index is 12.8. The molecule has 9 heteroatoms. The smallest absolute Gasteiger partial charge is 0.387 e. The van der Waals surface area contributed by atoms with Gasteiger partial charge in [-0.1, -0.05) is 6.07 Å². The second-order valence-corrected chi connectivity index (χ2v) is 6.74. The predicted octanol–water partition coefficient (Wildman–Crippen LogP) is 3.56. The van der Waals surface area contributed by atoms with Gasteiger partial charge in [0.25, 0.3) is 5.91 Å². The number of rotatable bonds is 6. The molecule has 29 heavy (non-hydrogen) atoms. The lowest BCUT2D eigenvalue weighted by molar-refractivity contribution is -0.0515. The van der Waals surface area contributed by atoms with Crippen LogP contribution in [0.4, 0.5) is 20.3 Å². The Hall–Kier alpha value is -2.94. The first kappa shape index (κ1) is 20.8. The number of carbonyl (C=O) groups is 1. The first-order chi connectivity index (χ1) is 13.9. The Kier molecular flexibility index (Phi) is 6.48. The highest BCUT2D eigenvalue weighted by Crippen LogP contribution is 2.33. The lowest BCUT2D eigenvalue weighted by Gasteiger charge is -2.36. The Bertz CT molecular complexity index is 838. The number of methoxy groups -OCH3 is 1. The zero-order valence-corrected chi connectivity index (χ0v) is 16.4. The van der Waals surface area contributed by atoms with Crippen LogP contribution in [0.5, 0.6) is 11.5 Å². The summed E-state index contributed by atoms with van der Waals surface area (Å²) in [7, 11) is 1.31. The molecule has 0 radical (unpaired) electrons. The summed E-state index contributed by atoms with van der Waals surface area (Å²) in [5, 5.41) is 2.65. The van der Waals surface area contributed by atoms with Crippen LogP contribution in [0.2, 0.25) is 0 Å². The van der Waals surface area contributed by atoms with E-state index in [0.29, 0.717) is 5.69 Å². The van der Waals surface area contributed by atoms with Gasteiger partial charge in [0.2, 0.25) is 0 Å². The highest BCUT2D eigenvalue weighted by Gasteiger charge is 2.23. The van der Waals surface area contributed by atoms with Crippen LogP contribution in [0.15, 0.2) is 36.5 Å². The largest absolute Gasteiger partial charge is 0.493 e. The fourth-order valence-corrected chi connectivity index (χ4v) is 3.28. The van der Waals surface area contributed by atoms with Gasteiger partial charge in [0.05, 0.1) is 36.8 Å². The first-order valence-electron chi connectivity index (χ1n) is 9.17. The summed E-state index contributed by atoms with van der Waals surface area (Å²) in [6.45, 7) is 2.37. The second kappa shape index (κ2) is 9.04. The number of para-hydroxylation sites is 1. The zero-order valence-electron chi connectivity index (χ0n) is 16.4. The molecule has 1 N–H and O–H groups in total. The number of hydrogen-bond donors (Lipinski definition) is 1. The number of nitrogens with zero attached hydrogens (tertiary/aromatic N) is 2. The number of anilines is 2. The third-order valence-corrected chi connectivity index (χ3v) is 4.40. The molecule has 7 nitrogen and oxygen atoms in total. The number of aromatic nitrogens is 1. The fourth-order valence-electron chi connectivity index (χ4n) is 3.28. The molecule has 1 saturated heterocycles. The molecule has 0 aliphatic carbocycles. The lowest BCUT2D eigenvalue weighted by atomic mass is 10.1. The van der Waals surface area contributed by atoms with Crippen molar-refractivity contribution in [2.75, 3.05) is 30.4 Å². The molecule has 156 valence electrons. The molecule has 2 atom stereocenters. The molecular formula is C20H23F2N3O4. The van der Waals surface area contributed by atoms with Crippen LogP contribution >= 0.6 is 0 Å². The number of amides is 1. The average molecular weight is 407 g/mol. The van der Waals surface area contributed by atoms with E-state index in [1.807, 2.05) is 13.8 Å². The van der Waals surface area contributed by atoms with Gasteiger partial charge in [0, 0.05) is 13.1 Å². The van der Waals surface area contributed by atoms with E-state index < -0.39 is 12.5 Å². The Balaban J connectivity index is 1.74. The van der Waals surface area contributed by atoms with E-state index in [1.54, 1.807) is 12.1 Å². The van der Waals surface area contributed by atoms with Gasteiger partial charge < -0.3 is 24.4 Å². The Labute approximate surface area is 167 Å². The summed E-state index contributed by atoms with van der Waals surface area (Å²) < 4.78 is 40.7. The quantitative estimate of drug-likeness (QED) is 0.790. The highest BCUT2D eigenvalue weighted by atomic mass is 19.3. The Morgan fingerprint density at radius 1 is 1.24 bits per heavy atom. The van der Waals surface area contributed by atoms with Crippen LogP contribution < -0.4 is 19.7 Å². The normalized spacial score (nSPS) is 19.2. The van der Waals surface area contributed by atoms with Crippen LogP contribution in [0.25, 0.3) is 0 Å². The predicted molar refractivity (Wildman–Crippen MR) is 104 cm³/mol. The van der Waals surface area contributed by atoms with E-state index in [9.17, 15) is 13.6 Å². The number of morpholine rings is 1. The Morgan fingerprint density at radius 3 is 2.55 bits per heavy atom. The number of alkyl halides is 2. The van der Waals surface area contributed by atoms with Crippen molar-refractivity contribution in [2.45, 2.75) is 32.7 Å². The van der Waals surface area contributed by atoms with Gasteiger partial charge in [0.15, 0.2) is 11.5 Å². The minimum Gasteiger partial charge on any atom is -0.493 e. The van der Waals surface area contributed by atoms with E-state index in [0.717, 1.165) is 18.9 Å². The SMILES string of the molecule is COc1cccc(C(=O)Nc2ccc(N3CC(C)OC(C)C3)nc2)c1OC(F)F. The number of ether oxygens (including phenoxy) is 3. The molecule has 1 aliphatic rings. The first-order valence-corrected chi connectivity index (χ1v) is 9.17. The van der Waals surface area contributed by atoms with Gasteiger partial charge in [-0.15, -0.1) is 0 Å². The van der Waals surface area contributed by atoms with E-state index >= 15 is 0 Å². The van der Waals surface area contributed by atoms with Crippen LogP contribution in [-0.4, -0.2) is 49.9 Å². The standard InChI is InChI=1S/C20H23F2N3O4/c1-12-10-25(11-13(2)28-12)17-8-7-14(9-23-17)24-19(26)15-5-4-6-16(27-3)18(15)29-20(21)22/h4-9,12-13,20H,10-11H2,1-3H3,(H,24,26). The molecule has 2 heterocycles. The van der Waals surface area contributed by atoms with Crippen LogP contribution in [0, 0.1) is 0 Å². The molecular weight excluding hydrogens is 384 g/mol. The summed E-state index contributed by atoms with van der Waals surface area (Å²) in [4.78, 5) is 19.1. The van der Waals surface area contributed by atoms with Gasteiger partial charge in [-0.25, -0.2) is 4.98 Å². The minimum absolute atomic E-state index is 0.0435. The number of carbonyl (C=O) groups excluding carboxylic acids is 1. The number of pyridine rings is 1. The van der Waals surface area contributed by atoms with E-state index in [4.69, 9.17) is 9.47 Å². The van der Waals surface area contributed by atoms with Crippen LogP contribution in [0.1, 0.15) is 24.2 Å². The molecule has 2 unspecified atom stereocenters. The van der Waals surface area contributed by atoms with Crippen molar-refractivity contribution < 1.29 is 27.8 Å². The Morgan fingerprint density at radius 2 is 1.97 bits per heavy atom. The third kappa shape index (κ3) is 5.11. The van der Waals surface area contributed by atoms with Crippen molar-refractivity contribution >= 4 is 17.4 Å². The van der Waals surface area contributed by atoms with Gasteiger partial charge in [0.1, 0.15) is 5.82 Å². The molecule has 0 bridgehead atoms. The van der Waals surface area contributed by atoms with Crippen LogP contribution in [-0.2, 0) is 4.74 Å². The molecule has 1 aliphatic heterocycles. The maximum absolute atomic E-state index is 12.8. The molecule has 2 aromatic rings. The molecule has 3 rings (SSSR count). The van der Waals surface area contributed by atoms with Crippen molar-refractivity contribution in [3.8, 4) is 11.5 Å². The summed E-state index contributed by atoms with van der Waals surface area (Å²) in [5.41, 5.74) is 0.364. The summed E-state index contributed by atoms with van der Waals surface area (Å²) in [6, 6.07) is 7.85. The maximum Gasteiger partial charge on any atom is 0.387 e. The molecule has 1 aromatic carbocycles. The van der Waals surface area contributed by atoms with Crippen molar-refractivity contribution in [1.29, 1.82) is 0 Å². The van der Waals surface area contributed by atoms with Gasteiger partial charge in [-0.2, -0.15) is 8.78 Å². The number of halogens is 2. The number of hydrogen-bond acceptors (Lipinski definition) is 6. The number of nitrogens with one attached hydrogen (secondary N) is 1. The van der Waals surface area contributed by atoms with Crippen molar-refractivity contribution in [2.24, 2.45) is 0 Å². The summed E-state index contributed by atoms with van der Waals surface area (Å²) in [5.74, 6) is -0.110. The average Bonchev–Trinajstić information content (AvgIpc) is 2.67. The van der Waals surface area contributed by atoms with Gasteiger partial charge in [-0.05, 0) is 38.1 Å². The molecule has 0 spiro atoms. The van der Waals surface area contributed by atoms with Crippen molar-refractivity contribution in [3.05, 3.63) is 42.1 Å². The van der Waals surface area contributed by atoms with Gasteiger partial charge >= 0.3 is 6.61 Å². The molecule has 1 amide bonds. The van der Waals surface area contributed by atoms with Crippen molar-refractivity contribution in [1.82, 2.24) is 4.98 Å². The molecule has 1 aromatic heterocycles. The van der Waals surface area contributed by atoms with Crippen LogP contribution in [0.3, 0.4) is 0 Å².